The molecule has 106 valence electrons. The summed E-state index contributed by atoms with van der Waals surface area (Å²) >= 11 is 0. The lowest BCUT2D eigenvalue weighted by atomic mass is 10.1. The molecule has 5 heteroatoms. The van der Waals surface area contributed by atoms with E-state index in [1.165, 1.54) is 0 Å². The summed E-state index contributed by atoms with van der Waals surface area (Å²) < 4.78 is 0. The predicted molar refractivity (Wildman–Crippen MR) is 80.6 cm³/mol. The number of benzene rings is 2. The van der Waals surface area contributed by atoms with Crippen LogP contribution in [0.3, 0.4) is 0 Å². The molecule has 0 amide bonds. The van der Waals surface area contributed by atoms with Gasteiger partial charge in [-0.1, -0.05) is 42.5 Å². The minimum Gasteiger partial charge on any atom is -0.508 e. The third kappa shape index (κ3) is 3.09. The molecule has 3 aromatic rings. The van der Waals surface area contributed by atoms with Crippen molar-refractivity contribution in [3.05, 3.63) is 66.0 Å². The first-order chi connectivity index (χ1) is 10.2. The van der Waals surface area contributed by atoms with Gasteiger partial charge in [0, 0.05) is 5.56 Å². The van der Waals surface area contributed by atoms with Crippen LogP contribution in [0.4, 0.5) is 0 Å². The van der Waals surface area contributed by atoms with Crippen LogP contribution in [0, 0.1) is 0 Å². The maximum atomic E-state index is 9.28. The first kappa shape index (κ1) is 13.3. The predicted octanol–water partition coefficient (Wildman–Crippen LogP) is 2.42. The molecule has 1 unspecified atom stereocenters. The van der Waals surface area contributed by atoms with Crippen molar-refractivity contribution in [1.82, 2.24) is 15.2 Å². The van der Waals surface area contributed by atoms with Crippen molar-refractivity contribution in [1.29, 1.82) is 0 Å². The van der Waals surface area contributed by atoms with Gasteiger partial charge in [-0.15, -0.1) is 0 Å². The molecular weight excluding hydrogens is 264 g/mol. The second-order valence-electron chi connectivity index (χ2n) is 4.89. The minimum absolute atomic E-state index is 0.248. The molecule has 0 spiro atoms. The Balaban J connectivity index is 1.75. The van der Waals surface area contributed by atoms with E-state index in [9.17, 15) is 5.11 Å². The fourth-order valence-electron chi connectivity index (χ4n) is 2.14. The summed E-state index contributed by atoms with van der Waals surface area (Å²) in [7, 11) is 0. The number of phenols is 1. The van der Waals surface area contributed by atoms with Crippen LogP contribution in [0.2, 0.25) is 0 Å². The van der Waals surface area contributed by atoms with Crippen LogP contribution in [0.25, 0.3) is 11.4 Å². The molecule has 0 aliphatic heterocycles. The van der Waals surface area contributed by atoms with E-state index in [0.717, 1.165) is 11.1 Å². The van der Waals surface area contributed by atoms with E-state index in [1.807, 2.05) is 42.5 Å². The van der Waals surface area contributed by atoms with Crippen molar-refractivity contribution in [2.75, 3.05) is 0 Å². The van der Waals surface area contributed by atoms with Crippen molar-refractivity contribution in [3.8, 4) is 17.1 Å². The number of nitrogens with one attached hydrogen (secondary N) is 1. The van der Waals surface area contributed by atoms with E-state index in [0.29, 0.717) is 18.1 Å². The van der Waals surface area contributed by atoms with Gasteiger partial charge < -0.3 is 10.8 Å². The smallest absolute Gasteiger partial charge is 0.181 e. The number of H-pyrrole nitrogens is 1. The summed E-state index contributed by atoms with van der Waals surface area (Å²) in [5.41, 5.74) is 8.16. The molecule has 2 aromatic carbocycles. The molecule has 0 saturated carbocycles. The molecule has 5 nitrogen and oxygen atoms in total. The summed E-state index contributed by atoms with van der Waals surface area (Å²) in [6.45, 7) is 0. The van der Waals surface area contributed by atoms with Gasteiger partial charge in [-0.2, -0.15) is 5.10 Å². The normalized spacial score (nSPS) is 12.2. The summed E-state index contributed by atoms with van der Waals surface area (Å²) in [4.78, 5) is 4.45. The lowest BCUT2D eigenvalue weighted by Gasteiger charge is -2.08. The fourth-order valence-corrected chi connectivity index (χ4v) is 2.14. The zero-order valence-corrected chi connectivity index (χ0v) is 11.4. The molecule has 21 heavy (non-hydrogen) atoms. The van der Waals surface area contributed by atoms with Crippen LogP contribution in [0.1, 0.15) is 17.4 Å². The van der Waals surface area contributed by atoms with Crippen LogP contribution < -0.4 is 5.73 Å². The average Bonchev–Trinajstić information content (AvgIpc) is 3.00. The Morgan fingerprint density at radius 1 is 1.05 bits per heavy atom. The fraction of sp³-hybridized carbons (Fsp3) is 0.125. The number of nitrogens with zero attached hydrogens (tertiary/aromatic N) is 2. The molecule has 0 fully saturated rings. The van der Waals surface area contributed by atoms with Crippen LogP contribution in [-0.4, -0.2) is 20.3 Å². The highest BCUT2D eigenvalue weighted by atomic mass is 16.3. The number of hydrogen-bond acceptors (Lipinski definition) is 4. The van der Waals surface area contributed by atoms with E-state index in [-0.39, 0.29) is 11.8 Å². The molecule has 0 saturated heterocycles. The van der Waals surface area contributed by atoms with Crippen molar-refractivity contribution >= 4 is 0 Å². The van der Waals surface area contributed by atoms with Crippen LogP contribution >= 0.6 is 0 Å². The van der Waals surface area contributed by atoms with Gasteiger partial charge in [-0.05, 0) is 24.1 Å². The van der Waals surface area contributed by atoms with Gasteiger partial charge in [0.05, 0.1) is 6.04 Å². The Morgan fingerprint density at radius 2 is 1.76 bits per heavy atom. The molecule has 1 atom stereocenters. The zero-order valence-electron chi connectivity index (χ0n) is 11.4. The zero-order chi connectivity index (χ0) is 14.7. The lowest BCUT2D eigenvalue weighted by molar-refractivity contribution is 0.475. The molecule has 0 bridgehead atoms. The topological polar surface area (TPSA) is 87.8 Å². The van der Waals surface area contributed by atoms with E-state index in [2.05, 4.69) is 15.2 Å². The van der Waals surface area contributed by atoms with Crippen LogP contribution in [0.15, 0.2) is 54.6 Å². The molecule has 1 aromatic heterocycles. The minimum atomic E-state index is -0.264. The van der Waals surface area contributed by atoms with Gasteiger partial charge in [0.2, 0.25) is 0 Å². The molecule has 4 N–H and O–H groups in total. The van der Waals surface area contributed by atoms with Crippen molar-refractivity contribution < 1.29 is 5.11 Å². The van der Waals surface area contributed by atoms with Crippen molar-refractivity contribution in [2.24, 2.45) is 5.73 Å². The SMILES string of the molecule is NC(Cc1ccc(O)cc1)c1nc(-c2ccccc2)n[nH]1. The van der Waals surface area contributed by atoms with E-state index in [1.54, 1.807) is 12.1 Å². The lowest BCUT2D eigenvalue weighted by Crippen LogP contribution is -2.15. The highest BCUT2D eigenvalue weighted by Gasteiger charge is 2.13. The number of nitrogens with two attached hydrogens (primary N) is 1. The number of aromatic hydroxyl groups is 1. The molecule has 0 aliphatic rings. The third-order valence-corrected chi connectivity index (χ3v) is 3.28. The summed E-state index contributed by atoms with van der Waals surface area (Å²) in [5, 5.41) is 16.4. The third-order valence-electron chi connectivity index (χ3n) is 3.28. The standard InChI is InChI=1S/C16H16N4O/c17-14(10-11-6-8-13(21)9-7-11)16-18-15(19-20-16)12-4-2-1-3-5-12/h1-9,14,21H,10,17H2,(H,18,19,20). The van der Waals surface area contributed by atoms with Crippen LogP contribution in [-0.2, 0) is 6.42 Å². The van der Waals surface area contributed by atoms with E-state index < -0.39 is 0 Å². The van der Waals surface area contributed by atoms with Gasteiger partial charge in [0.15, 0.2) is 5.82 Å². The summed E-state index contributed by atoms with van der Waals surface area (Å²) in [6.07, 6.45) is 0.629. The number of rotatable bonds is 4. The number of aromatic nitrogens is 3. The molecule has 3 rings (SSSR count). The Hall–Kier alpha value is -2.66. The summed E-state index contributed by atoms with van der Waals surface area (Å²) in [5.74, 6) is 1.55. The largest absolute Gasteiger partial charge is 0.508 e. The Morgan fingerprint density at radius 3 is 2.48 bits per heavy atom. The summed E-state index contributed by atoms with van der Waals surface area (Å²) in [6, 6.07) is 16.5. The number of phenolic OH excluding ortho intramolecular Hbond substituents is 1. The molecule has 0 radical (unpaired) electrons. The quantitative estimate of drug-likeness (QED) is 0.685. The maximum absolute atomic E-state index is 9.28. The highest BCUT2D eigenvalue weighted by molar-refractivity contribution is 5.53. The molecule has 0 aliphatic carbocycles. The van der Waals surface area contributed by atoms with Gasteiger partial charge in [-0.3, -0.25) is 5.10 Å². The second kappa shape index (κ2) is 5.76. The van der Waals surface area contributed by atoms with Gasteiger partial charge in [-0.25, -0.2) is 4.98 Å². The van der Waals surface area contributed by atoms with Gasteiger partial charge in [0.25, 0.3) is 0 Å². The second-order valence-corrected chi connectivity index (χ2v) is 4.89. The number of hydrogen-bond donors (Lipinski definition) is 3. The maximum Gasteiger partial charge on any atom is 0.181 e. The Bertz CT molecular complexity index is 707. The average molecular weight is 280 g/mol. The monoisotopic (exact) mass is 280 g/mol. The van der Waals surface area contributed by atoms with Gasteiger partial charge >= 0.3 is 0 Å². The Labute approximate surface area is 122 Å². The first-order valence-corrected chi connectivity index (χ1v) is 6.73. The van der Waals surface area contributed by atoms with Crippen molar-refractivity contribution in [2.45, 2.75) is 12.5 Å². The van der Waals surface area contributed by atoms with Gasteiger partial charge in [0.1, 0.15) is 11.6 Å². The highest BCUT2D eigenvalue weighted by Crippen LogP contribution is 2.18. The first-order valence-electron chi connectivity index (χ1n) is 6.73. The van der Waals surface area contributed by atoms with Crippen LogP contribution in [0.5, 0.6) is 5.75 Å². The number of aromatic amines is 1. The van der Waals surface area contributed by atoms with E-state index >= 15 is 0 Å². The van der Waals surface area contributed by atoms with Crippen molar-refractivity contribution in [3.63, 3.8) is 0 Å². The molecular formula is C16H16N4O. The van der Waals surface area contributed by atoms with E-state index in [4.69, 9.17) is 5.73 Å². The molecule has 1 heterocycles. The Kier molecular flexibility index (Phi) is 3.66.